The Balaban J connectivity index is 4.07. The first kappa shape index (κ1) is 54.1. The van der Waals surface area contributed by atoms with Gasteiger partial charge in [-0.05, 0) is 76.7 Å². The lowest BCUT2D eigenvalue weighted by molar-refractivity contribution is -0.147. The van der Waals surface area contributed by atoms with Crippen LogP contribution < -0.4 is 10.6 Å². The summed E-state index contributed by atoms with van der Waals surface area (Å²) in [6.07, 6.45) is 49.2. The summed E-state index contributed by atoms with van der Waals surface area (Å²) in [5, 5.41) is 22.5. The normalized spacial score (nSPS) is 12.8. The first-order valence-corrected chi connectivity index (χ1v) is 23.4. The number of carboxylic acids is 1. The van der Waals surface area contributed by atoms with E-state index in [-0.39, 0.29) is 30.9 Å². The van der Waals surface area contributed by atoms with Crippen LogP contribution in [0.25, 0.3) is 0 Å². The minimum absolute atomic E-state index is 0.113. The van der Waals surface area contributed by atoms with Gasteiger partial charge in [0.05, 0.1) is 13.2 Å². The highest BCUT2D eigenvalue weighted by molar-refractivity contribution is 5.87. The molecule has 0 saturated carbocycles. The lowest BCUT2D eigenvalue weighted by Gasteiger charge is -2.15. The van der Waals surface area contributed by atoms with Crippen molar-refractivity contribution in [2.24, 2.45) is 0 Å². The standard InChI is InChI=1S/C48H86N2O7/c1-3-5-7-9-11-12-13-14-15-16-17-18-19-20-21-22-23-24-25-26-28-30-36-40-47(54)57-43(37-33-29-27-10-8-6-4-2)38-34-31-32-35-39-45(52)49-41-46(53)50-44(42-51)48(55)56/h13-14,16-17,33,37,43-44,51H,3-12,15,18-32,34-36,38-42H2,1-2H3,(H,49,52)(H,50,53)(H,55,56)/b14-13-,17-16-,37-33-. The molecule has 9 nitrogen and oxygen atoms in total. The zero-order valence-corrected chi connectivity index (χ0v) is 36.6. The second-order valence-electron chi connectivity index (χ2n) is 15.8. The van der Waals surface area contributed by atoms with E-state index >= 15 is 0 Å². The predicted molar refractivity (Wildman–Crippen MR) is 236 cm³/mol. The van der Waals surface area contributed by atoms with Gasteiger partial charge < -0.3 is 25.6 Å². The highest BCUT2D eigenvalue weighted by Crippen LogP contribution is 2.16. The number of esters is 1. The fraction of sp³-hybridized carbons (Fsp3) is 0.792. The van der Waals surface area contributed by atoms with Crippen LogP contribution in [0.2, 0.25) is 0 Å². The van der Waals surface area contributed by atoms with Crippen LogP contribution in [0.5, 0.6) is 0 Å². The number of aliphatic hydroxyl groups excluding tert-OH is 1. The number of aliphatic hydroxyl groups is 1. The van der Waals surface area contributed by atoms with E-state index in [0.717, 1.165) is 57.8 Å². The molecular formula is C48H86N2O7. The van der Waals surface area contributed by atoms with E-state index in [4.69, 9.17) is 14.9 Å². The molecule has 0 aromatic carbocycles. The third-order valence-corrected chi connectivity index (χ3v) is 10.3. The molecule has 0 aliphatic rings. The van der Waals surface area contributed by atoms with Gasteiger partial charge in [-0.2, -0.15) is 0 Å². The molecule has 0 aromatic heterocycles. The Morgan fingerprint density at radius 1 is 0.544 bits per heavy atom. The summed E-state index contributed by atoms with van der Waals surface area (Å²) in [5.74, 6) is -2.39. The Bertz CT molecular complexity index is 1060. The van der Waals surface area contributed by atoms with Crippen molar-refractivity contribution in [1.82, 2.24) is 10.6 Å². The van der Waals surface area contributed by atoms with Crippen LogP contribution in [0.15, 0.2) is 36.5 Å². The monoisotopic (exact) mass is 803 g/mol. The van der Waals surface area contributed by atoms with Gasteiger partial charge in [-0.1, -0.05) is 166 Å². The van der Waals surface area contributed by atoms with Crippen LogP contribution in [0.1, 0.15) is 219 Å². The number of amides is 2. The lowest BCUT2D eigenvalue weighted by atomic mass is 10.0. The van der Waals surface area contributed by atoms with Gasteiger partial charge in [0.15, 0.2) is 0 Å². The van der Waals surface area contributed by atoms with Crippen LogP contribution in [-0.4, -0.2) is 59.3 Å². The van der Waals surface area contributed by atoms with Crippen LogP contribution in [-0.2, 0) is 23.9 Å². The van der Waals surface area contributed by atoms with Crippen molar-refractivity contribution in [1.29, 1.82) is 0 Å². The second kappa shape index (κ2) is 42.7. The van der Waals surface area contributed by atoms with Gasteiger partial charge >= 0.3 is 11.9 Å². The van der Waals surface area contributed by atoms with Gasteiger partial charge in [0.1, 0.15) is 12.1 Å². The molecule has 2 amide bonds. The van der Waals surface area contributed by atoms with Gasteiger partial charge in [0.25, 0.3) is 0 Å². The number of allylic oxidation sites excluding steroid dienone is 5. The Kier molecular flexibility index (Phi) is 40.5. The fourth-order valence-corrected chi connectivity index (χ4v) is 6.71. The van der Waals surface area contributed by atoms with Gasteiger partial charge in [-0.3, -0.25) is 14.4 Å². The highest BCUT2D eigenvalue weighted by atomic mass is 16.5. The zero-order chi connectivity index (χ0) is 41.9. The number of unbranched alkanes of at least 4 members (excludes halogenated alkanes) is 24. The number of rotatable bonds is 42. The topological polar surface area (TPSA) is 142 Å². The van der Waals surface area contributed by atoms with E-state index in [9.17, 15) is 19.2 Å². The first-order valence-electron chi connectivity index (χ1n) is 23.4. The predicted octanol–water partition coefficient (Wildman–Crippen LogP) is 11.8. The Hall–Kier alpha value is -2.94. The van der Waals surface area contributed by atoms with Gasteiger partial charge in [0.2, 0.25) is 11.8 Å². The van der Waals surface area contributed by atoms with E-state index in [1.54, 1.807) is 0 Å². The van der Waals surface area contributed by atoms with Crippen LogP contribution in [0, 0.1) is 0 Å². The average Bonchev–Trinajstić information content (AvgIpc) is 3.20. The molecule has 0 bridgehead atoms. The molecule has 0 saturated heterocycles. The summed E-state index contributed by atoms with van der Waals surface area (Å²) in [6, 6.07) is -1.39. The number of carbonyl (C=O) groups is 4. The molecule has 4 N–H and O–H groups in total. The van der Waals surface area contributed by atoms with Gasteiger partial charge in [-0.15, -0.1) is 0 Å². The van der Waals surface area contributed by atoms with E-state index in [2.05, 4.69) is 60.9 Å². The molecule has 2 unspecified atom stereocenters. The molecule has 57 heavy (non-hydrogen) atoms. The van der Waals surface area contributed by atoms with E-state index in [1.165, 1.54) is 128 Å². The smallest absolute Gasteiger partial charge is 0.328 e. The van der Waals surface area contributed by atoms with Crippen LogP contribution >= 0.6 is 0 Å². The highest BCUT2D eigenvalue weighted by Gasteiger charge is 2.18. The van der Waals surface area contributed by atoms with E-state index in [0.29, 0.717) is 12.8 Å². The molecule has 0 aromatic rings. The quantitative estimate of drug-likeness (QED) is 0.0273. The second-order valence-corrected chi connectivity index (χ2v) is 15.8. The van der Waals surface area contributed by atoms with Crippen molar-refractivity contribution in [3.63, 3.8) is 0 Å². The van der Waals surface area contributed by atoms with Crippen LogP contribution in [0.4, 0.5) is 0 Å². The third kappa shape index (κ3) is 39.7. The average molecular weight is 803 g/mol. The number of carbonyl (C=O) groups excluding carboxylic acids is 3. The van der Waals surface area contributed by atoms with Crippen molar-refractivity contribution in [2.45, 2.75) is 231 Å². The maximum Gasteiger partial charge on any atom is 0.328 e. The Morgan fingerprint density at radius 2 is 1.00 bits per heavy atom. The summed E-state index contributed by atoms with van der Waals surface area (Å²) in [6.45, 7) is 3.43. The first-order chi connectivity index (χ1) is 27.8. The number of aliphatic carboxylic acids is 1. The Labute approximate surface area is 348 Å². The molecule has 0 spiro atoms. The molecule has 0 aliphatic carbocycles. The lowest BCUT2D eigenvalue weighted by Crippen LogP contribution is -2.47. The number of nitrogens with one attached hydrogen (secondary N) is 2. The number of ether oxygens (including phenoxy) is 1. The molecule has 0 aliphatic heterocycles. The molecule has 0 radical (unpaired) electrons. The summed E-state index contributed by atoms with van der Waals surface area (Å²) < 4.78 is 5.91. The molecule has 2 atom stereocenters. The molecule has 9 heteroatoms. The minimum atomic E-state index is -1.39. The molecule has 0 fully saturated rings. The van der Waals surface area contributed by atoms with E-state index in [1.807, 2.05) is 0 Å². The van der Waals surface area contributed by atoms with Gasteiger partial charge in [0, 0.05) is 12.8 Å². The fourth-order valence-electron chi connectivity index (χ4n) is 6.71. The maximum absolute atomic E-state index is 12.7. The summed E-state index contributed by atoms with van der Waals surface area (Å²) >= 11 is 0. The molecule has 0 heterocycles. The van der Waals surface area contributed by atoms with E-state index < -0.39 is 24.5 Å². The van der Waals surface area contributed by atoms with Crippen molar-refractivity contribution < 1.29 is 34.1 Å². The number of hydrogen-bond donors (Lipinski definition) is 4. The molecule has 0 rings (SSSR count). The summed E-state index contributed by atoms with van der Waals surface area (Å²) in [7, 11) is 0. The SMILES string of the molecule is CCCCCCC/C=C\C/C=C\CCCCCCCCCCCCCC(=O)OC(/C=C\CCCCCCC)CCCCCCC(=O)NCC(=O)NC(CO)C(=O)O. The minimum Gasteiger partial charge on any atom is -0.480 e. The van der Waals surface area contributed by atoms with Gasteiger partial charge in [-0.25, -0.2) is 4.79 Å². The zero-order valence-electron chi connectivity index (χ0n) is 36.6. The molecular weight excluding hydrogens is 717 g/mol. The summed E-state index contributed by atoms with van der Waals surface area (Å²) in [4.78, 5) is 47.5. The van der Waals surface area contributed by atoms with Crippen molar-refractivity contribution in [3.05, 3.63) is 36.5 Å². The largest absolute Gasteiger partial charge is 0.480 e. The third-order valence-electron chi connectivity index (χ3n) is 10.3. The number of carboxylic acid groups (broad SMARTS) is 1. The van der Waals surface area contributed by atoms with Crippen LogP contribution in [0.3, 0.4) is 0 Å². The van der Waals surface area contributed by atoms with Crippen molar-refractivity contribution in [2.75, 3.05) is 13.2 Å². The number of hydrogen-bond acceptors (Lipinski definition) is 6. The summed E-state index contributed by atoms with van der Waals surface area (Å²) in [5.41, 5.74) is 0. The Morgan fingerprint density at radius 3 is 1.51 bits per heavy atom. The maximum atomic E-state index is 12.7. The van der Waals surface area contributed by atoms with Crippen molar-refractivity contribution >= 4 is 23.8 Å². The molecule has 330 valence electrons. The van der Waals surface area contributed by atoms with Crippen molar-refractivity contribution in [3.8, 4) is 0 Å².